The number of fused-ring (bicyclic) bond motifs is 5. The molecule has 34 heavy (non-hydrogen) atoms. The van der Waals surface area contributed by atoms with Crippen LogP contribution in [0.1, 0.15) is 34.1 Å². The molecule has 2 aliphatic rings. The van der Waals surface area contributed by atoms with E-state index in [1.54, 1.807) is 6.07 Å². The molecule has 0 saturated carbocycles. The van der Waals surface area contributed by atoms with Crippen molar-refractivity contribution in [2.24, 2.45) is 13.0 Å². The maximum Gasteiger partial charge on any atom is 0.276 e. The number of anilines is 1. The van der Waals surface area contributed by atoms with Gasteiger partial charge in [-0.15, -0.1) is 0 Å². The molecule has 6 rings (SSSR count). The van der Waals surface area contributed by atoms with Gasteiger partial charge in [0.2, 0.25) is 0 Å². The minimum atomic E-state index is -0.428. The molecule has 2 atom stereocenters. The second-order valence-corrected chi connectivity index (χ2v) is 9.41. The van der Waals surface area contributed by atoms with Crippen LogP contribution in [0.25, 0.3) is 10.9 Å². The Labute approximate surface area is 196 Å². The van der Waals surface area contributed by atoms with Gasteiger partial charge < -0.3 is 14.5 Å². The number of carbonyl (C=O) groups is 1. The summed E-state index contributed by atoms with van der Waals surface area (Å²) in [4.78, 5) is 36.2. The molecule has 172 valence electrons. The fraction of sp³-hybridized carbons (Fsp3) is 0.308. The van der Waals surface area contributed by atoms with Gasteiger partial charge in [-0.25, -0.2) is 4.98 Å². The summed E-state index contributed by atoms with van der Waals surface area (Å²) in [6, 6.07) is 12.3. The Morgan fingerprint density at radius 1 is 1.12 bits per heavy atom. The Hall–Kier alpha value is -3.78. The SMILES string of the molecule is Cn1cc(CN2C[C@@H]3C[C@H](C2)c2ccc(NC(=O)c4cnccn4)c(=O)n2C3)c2ccccc21. The maximum absolute atomic E-state index is 13.2. The van der Waals surface area contributed by atoms with Crippen LogP contribution in [0.15, 0.2) is 66.0 Å². The molecular weight excluding hydrogens is 428 g/mol. The number of likely N-dealkylation sites (tertiary alicyclic amines) is 1. The van der Waals surface area contributed by atoms with Crippen LogP contribution in [-0.4, -0.2) is 43.0 Å². The number of benzene rings is 1. The second kappa shape index (κ2) is 8.22. The molecule has 5 heterocycles. The van der Waals surface area contributed by atoms with Crippen LogP contribution in [0.3, 0.4) is 0 Å². The minimum Gasteiger partial charge on any atom is -0.350 e. The molecule has 0 spiro atoms. The Bertz CT molecular complexity index is 1440. The molecule has 1 N–H and O–H groups in total. The van der Waals surface area contributed by atoms with Crippen molar-refractivity contribution in [3.8, 4) is 0 Å². The van der Waals surface area contributed by atoms with E-state index in [1.165, 1.54) is 35.1 Å². The first-order chi connectivity index (χ1) is 16.6. The van der Waals surface area contributed by atoms with E-state index < -0.39 is 5.91 Å². The molecular formula is C26H26N6O2. The van der Waals surface area contributed by atoms with E-state index >= 15 is 0 Å². The van der Waals surface area contributed by atoms with Crippen molar-refractivity contribution in [2.45, 2.75) is 25.4 Å². The van der Waals surface area contributed by atoms with E-state index in [2.05, 4.69) is 62.3 Å². The van der Waals surface area contributed by atoms with E-state index in [1.807, 2.05) is 10.6 Å². The minimum absolute atomic E-state index is 0.146. The number of aromatic nitrogens is 4. The number of hydrogen-bond acceptors (Lipinski definition) is 5. The summed E-state index contributed by atoms with van der Waals surface area (Å²) >= 11 is 0. The third-order valence-electron chi connectivity index (χ3n) is 7.10. The Balaban J connectivity index is 1.23. The number of piperidine rings is 1. The van der Waals surface area contributed by atoms with Crippen molar-refractivity contribution in [1.82, 2.24) is 24.0 Å². The molecule has 8 nitrogen and oxygen atoms in total. The van der Waals surface area contributed by atoms with E-state index in [9.17, 15) is 9.59 Å². The standard InChI is InChI=1S/C26H26N6O2/c1-30-14-19(20-4-2-3-5-24(20)30)16-31-12-17-10-18(15-31)23-7-6-21(26(34)32(23)13-17)29-25(33)22-11-27-8-9-28-22/h2-9,11,14,17-18H,10,12-13,15-16H2,1H3,(H,29,33)/t17-,18+/m0/s1. The zero-order valence-electron chi connectivity index (χ0n) is 19.0. The van der Waals surface area contributed by atoms with Gasteiger partial charge in [-0.2, -0.15) is 0 Å². The second-order valence-electron chi connectivity index (χ2n) is 9.41. The van der Waals surface area contributed by atoms with Crippen LogP contribution in [0, 0.1) is 5.92 Å². The van der Waals surface area contributed by atoms with Crippen molar-refractivity contribution < 1.29 is 4.79 Å². The summed E-state index contributed by atoms with van der Waals surface area (Å²) in [5.41, 5.74) is 3.98. The zero-order chi connectivity index (χ0) is 23.2. The predicted molar refractivity (Wildman–Crippen MR) is 130 cm³/mol. The van der Waals surface area contributed by atoms with Gasteiger partial charge in [0, 0.05) is 74.3 Å². The van der Waals surface area contributed by atoms with Gasteiger partial charge in [0.25, 0.3) is 11.5 Å². The number of hydrogen-bond donors (Lipinski definition) is 1. The molecule has 4 aromatic rings. The van der Waals surface area contributed by atoms with Crippen molar-refractivity contribution in [3.63, 3.8) is 0 Å². The van der Waals surface area contributed by atoms with Gasteiger partial charge in [0.05, 0.1) is 6.20 Å². The average molecular weight is 455 g/mol. The average Bonchev–Trinajstić information content (AvgIpc) is 3.17. The molecule has 1 saturated heterocycles. The third kappa shape index (κ3) is 3.60. The monoisotopic (exact) mass is 454 g/mol. The number of nitrogens with one attached hydrogen (secondary N) is 1. The first-order valence-corrected chi connectivity index (χ1v) is 11.6. The number of amides is 1. The van der Waals surface area contributed by atoms with Gasteiger partial charge in [0.15, 0.2) is 0 Å². The predicted octanol–water partition coefficient (Wildman–Crippen LogP) is 3.00. The van der Waals surface area contributed by atoms with Gasteiger partial charge in [-0.3, -0.25) is 19.5 Å². The van der Waals surface area contributed by atoms with Crippen LogP contribution in [0.2, 0.25) is 0 Å². The topological polar surface area (TPSA) is 85.1 Å². The number of rotatable bonds is 4. The molecule has 0 aliphatic carbocycles. The summed E-state index contributed by atoms with van der Waals surface area (Å²) in [5.74, 6) is 0.285. The Morgan fingerprint density at radius 3 is 2.85 bits per heavy atom. The van der Waals surface area contributed by atoms with E-state index in [4.69, 9.17) is 0 Å². The van der Waals surface area contributed by atoms with E-state index in [0.29, 0.717) is 18.4 Å². The number of para-hydroxylation sites is 1. The lowest BCUT2D eigenvalue weighted by Gasteiger charge is -2.43. The van der Waals surface area contributed by atoms with Crippen LogP contribution in [0.5, 0.6) is 0 Å². The summed E-state index contributed by atoms with van der Waals surface area (Å²) < 4.78 is 4.06. The van der Waals surface area contributed by atoms with Crippen LogP contribution in [-0.2, 0) is 20.1 Å². The molecule has 0 radical (unpaired) electrons. The van der Waals surface area contributed by atoms with Crippen molar-refractivity contribution >= 4 is 22.5 Å². The highest BCUT2D eigenvalue weighted by Crippen LogP contribution is 2.36. The lowest BCUT2D eigenvalue weighted by Crippen LogP contribution is -2.47. The summed E-state index contributed by atoms with van der Waals surface area (Å²) in [6.45, 7) is 3.46. The lowest BCUT2D eigenvalue weighted by atomic mass is 9.83. The van der Waals surface area contributed by atoms with Gasteiger partial charge in [0.1, 0.15) is 11.4 Å². The van der Waals surface area contributed by atoms with E-state index in [-0.39, 0.29) is 16.9 Å². The molecule has 0 unspecified atom stereocenters. The molecule has 2 aliphatic heterocycles. The summed E-state index contributed by atoms with van der Waals surface area (Å²) in [5, 5.41) is 4.02. The largest absolute Gasteiger partial charge is 0.350 e. The fourth-order valence-corrected chi connectivity index (χ4v) is 5.66. The highest BCUT2D eigenvalue weighted by Gasteiger charge is 2.35. The van der Waals surface area contributed by atoms with Gasteiger partial charge in [-0.05, 0) is 36.1 Å². The highest BCUT2D eigenvalue weighted by atomic mass is 16.2. The van der Waals surface area contributed by atoms with Crippen LogP contribution >= 0.6 is 0 Å². The van der Waals surface area contributed by atoms with Gasteiger partial charge >= 0.3 is 0 Å². The van der Waals surface area contributed by atoms with Gasteiger partial charge in [-0.1, -0.05) is 18.2 Å². The number of pyridine rings is 1. The highest BCUT2D eigenvalue weighted by molar-refractivity contribution is 6.02. The quantitative estimate of drug-likeness (QED) is 0.512. The molecule has 1 fully saturated rings. The third-order valence-corrected chi connectivity index (χ3v) is 7.10. The molecule has 8 heteroatoms. The maximum atomic E-state index is 13.2. The Kier molecular flexibility index (Phi) is 5.03. The molecule has 1 aromatic carbocycles. The molecule has 1 amide bonds. The van der Waals surface area contributed by atoms with Crippen LogP contribution in [0.4, 0.5) is 5.69 Å². The first kappa shape index (κ1) is 20.8. The summed E-state index contributed by atoms with van der Waals surface area (Å²) in [7, 11) is 2.10. The fourth-order valence-electron chi connectivity index (χ4n) is 5.66. The number of aryl methyl sites for hydroxylation is 1. The van der Waals surface area contributed by atoms with Crippen LogP contribution < -0.4 is 10.9 Å². The normalized spacial score (nSPS) is 19.7. The molecule has 3 aromatic heterocycles. The Morgan fingerprint density at radius 2 is 2.00 bits per heavy atom. The van der Waals surface area contributed by atoms with Crippen molar-refractivity contribution in [2.75, 3.05) is 18.4 Å². The zero-order valence-corrected chi connectivity index (χ0v) is 19.0. The number of nitrogens with zero attached hydrogens (tertiary/aromatic N) is 5. The first-order valence-electron chi connectivity index (χ1n) is 11.6. The summed E-state index contributed by atoms with van der Waals surface area (Å²) in [6.07, 6.45) is 7.68. The smallest absolute Gasteiger partial charge is 0.276 e. The lowest BCUT2D eigenvalue weighted by molar-refractivity contribution is 0.102. The molecule has 2 bridgehead atoms. The van der Waals surface area contributed by atoms with Crippen molar-refractivity contribution in [3.05, 3.63) is 88.5 Å². The van der Waals surface area contributed by atoms with E-state index in [0.717, 1.165) is 31.7 Å². The van der Waals surface area contributed by atoms with Crippen molar-refractivity contribution in [1.29, 1.82) is 0 Å². The number of carbonyl (C=O) groups excluding carboxylic acids is 1.